The summed E-state index contributed by atoms with van der Waals surface area (Å²) in [5, 5.41) is 5.48. The van der Waals surface area contributed by atoms with Crippen LogP contribution in [0.5, 0.6) is 0 Å². The van der Waals surface area contributed by atoms with Gasteiger partial charge in [-0.05, 0) is 49.6 Å². The predicted octanol–water partition coefficient (Wildman–Crippen LogP) is 2.74. The first-order valence-electron chi connectivity index (χ1n) is 8.46. The smallest absolute Gasteiger partial charge is 0.325 e. The number of furan rings is 1. The molecule has 1 aromatic carbocycles. The fourth-order valence-electron chi connectivity index (χ4n) is 2.86. The second-order valence-electron chi connectivity index (χ2n) is 6.34. The van der Waals surface area contributed by atoms with Gasteiger partial charge in [0.1, 0.15) is 11.8 Å². The maximum atomic E-state index is 12.4. The number of rotatable bonds is 6. The Labute approximate surface area is 151 Å². The molecule has 1 aromatic heterocycles. The van der Waals surface area contributed by atoms with E-state index in [1.807, 2.05) is 32.0 Å². The van der Waals surface area contributed by atoms with Crippen molar-refractivity contribution in [3.05, 3.63) is 53.5 Å². The van der Waals surface area contributed by atoms with Crippen molar-refractivity contribution in [3.8, 4) is 0 Å². The van der Waals surface area contributed by atoms with E-state index in [1.54, 1.807) is 12.1 Å². The first-order chi connectivity index (χ1) is 12.5. The van der Waals surface area contributed by atoms with Crippen molar-refractivity contribution in [1.82, 2.24) is 10.2 Å². The van der Waals surface area contributed by atoms with Gasteiger partial charge in [-0.1, -0.05) is 12.1 Å². The molecule has 4 amide bonds. The van der Waals surface area contributed by atoms with E-state index in [2.05, 4.69) is 10.6 Å². The lowest BCUT2D eigenvalue weighted by Gasteiger charge is -2.12. The molecule has 1 aliphatic heterocycles. The summed E-state index contributed by atoms with van der Waals surface area (Å²) in [6.07, 6.45) is 1.87. The van der Waals surface area contributed by atoms with Crippen LogP contribution >= 0.6 is 0 Å². The number of hydrogen-bond acceptors (Lipinski definition) is 4. The van der Waals surface area contributed by atoms with E-state index in [0.29, 0.717) is 5.76 Å². The van der Waals surface area contributed by atoms with E-state index in [4.69, 9.17) is 4.42 Å². The number of carbonyl (C=O) groups is 3. The van der Waals surface area contributed by atoms with Crippen LogP contribution in [0.4, 0.5) is 10.5 Å². The molecule has 26 heavy (non-hydrogen) atoms. The van der Waals surface area contributed by atoms with Crippen molar-refractivity contribution in [2.24, 2.45) is 0 Å². The van der Waals surface area contributed by atoms with Crippen LogP contribution in [0, 0.1) is 13.8 Å². The number of hydrogen-bond donors (Lipinski definition) is 2. The standard InChI is InChI=1S/C19H21N3O4/c1-12-5-3-7-15(13(12)2)20-17(23)9-8-16-18(24)22(19(25)21-16)11-14-6-4-10-26-14/h3-7,10,16H,8-9,11H2,1-2H3,(H,20,23)(H,21,25)/t16-/m0/s1. The van der Waals surface area contributed by atoms with Gasteiger partial charge in [0.2, 0.25) is 5.91 Å². The van der Waals surface area contributed by atoms with E-state index in [9.17, 15) is 14.4 Å². The lowest BCUT2D eigenvalue weighted by atomic mass is 10.1. The van der Waals surface area contributed by atoms with Crippen molar-refractivity contribution in [2.45, 2.75) is 39.3 Å². The molecule has 0 radical (unpaired) electrons. The summed E-state index contributed by atoms with van der Waals surface area (Å²) in [4.78, 5) is 37.7. The summed E-state index contributed by atoms with van der Waals surface area (Å²) in [6.45, 7) is 4.01. The van der Waals surface area contributed by atoms with Gasteiger partial charge in [0.15, 0.2) is 0 Å². The molecule has 1 atom stereocenters. The first kappa shape index (κ1) is 17.7. The van der Waals surface area contributed by atoms with E-state index >= 15 is 0 Å². The van der Waals surface area contributed by atoms with E-state index in [-0.39, 0.29) is 31.2 Å². The number of amides is 4. The van der Waals surface area contributed by atoms with Gasteiger partial charge in [-0.25, -0.2) is 4.79 Å². The number of benzene rings is 1. The van der Waals surface area contributed by atoms with E-state index in [0.717, 1.165) is 21.7 Å². The summed E-state index contributed by atoms with van der Waals surface area (Å²) >= 11 is 0. The van der Waals surface area contributed by atoms with E-state index in [1.165, 1.54) is 6.26 Å². The molecule has 2 heterocycles. The zero-order valence-electron chi connectivity index (χ0n) is 14.7. The van der Waals surface area contributed by atoms with E-state index < -0.39 is 12.1 Å². The van der Waals surface area contributed by atoms with Gasteiger partial charge in [0, 0.05) is 12.1 Å². The molecule has 0 unspecified atom stereocenters. The predicted molar refractivity (Wildman–Crippen MR) is 95.4 cm³/mol. The highest BCUT2D eigenvalue weighted by Crippen LogP contribution is 2.19. The minimum atomic E-state index is -0.693. The highest BCUT2D eigenvalue weighted by molar-refractivity contribution is 6.04. The molecular weight excluding hydrogens is 334 g/mol. The summed E-state index contributed by atoms with van der Waals surface area (Å²) < 4.78 is 5.17. The molecule has 1 fully saturated rings. The maximum absolute atomic E-state index is 12.4. The van der Waals surface area contributed by atoms with Crippen LogP contribution in [0.25, 0.3) is 0 Å². The van der Waals surface area contributed by atoms with Crippen LogP contribution in [0.2, 0.25) is 0 Å². The lowest BCUT2D eigenvalue weighted by Crippen LogP contribution is -2.31. The number of urea groups is 1. The highest BCUT2D eigenvalue weighted by Gasteiger charge is 2.38. The Morgan fingerprint density at radius 1 is 1.23 bits per heavy atom. The minimum Gasteiger partial charge on any atom is -0.467 e. The summed E-state index contributed by atoms with van der Waals surface area (Å²) in [7, 11) is 0. The molecule has 0 saturated carbocycles. The van der Waals surface area contributed by atoms with Gasteiger partial charge in [0.25, 0.3) is 5.91 Å². The maximum Gasteiger partial charge on any atom is 0.325 e. The molecule has 7 heteroatoms. The van der Waals surface area contributed by atoms with Crippen LogP contribution < -0.4 is 10.6 Å². The Morgan fingerprint density at radius 2 is 2.04 bits per heavy atom. The second kappa shape index (κ2) is 7.43. The Morgan fingerprint density at radius 3 is 2.77 bits per heavy atom. The number of nitrogens with zero attached hydrogens (tertiary/aromatic N) is 1. The molecule has 0 bridgehead atoms. The van der Waals surface area contributed by atoms with Crippen LogP contribution in [0.3, 0.4) is 0 Å². The number of imide groups is 1. The summed E-state index contributed by atoms with van der Waals surface area (Å²) in [5.41, 5.74) is 2.86. The van der Waals surface area contributed by atoms with Crippen LogP contribution in [0.1, 0.15) is 29.7 Å². The third-order valence-electron chi connectivity index (χ3n) is 4.54. The van der Waals surface area contributed by atoms with Gasteiger partial charge in [-0.2, -0.15) is 0 Å². The van der Waals surface area contributed by atoms with Gasteiger partial charge in [0.05, 0.1) is 12.8 Å². The Balaban J connectivity index is 1.54. The Kier molecular flexibility index (Phi) is 5.06. The Hall–Kier alpha value is -3.09. The quantitative estimate of drug-likeness (QED) is 0.780. The molecule has 1 aliphatic rings. The lowest BCUT2D eigenvalue weighted by molar-refractivity contribution is -0.128. The number of nitrogens with one attached hydrogen (secondary N) is 2. The van der Waals surface area contributed by atoms with Crippen molar-refractivity contribution >= 4 is 23.5 Å². The van der Waals surface area contributed by atoms with Gasteiger partial charge < -0.3 is 15.1 Å². The third kappa shape index (κ3) is 3.77. The number of anilines is 1. The fraction of sp³-hybridized carbons (Fsp3) is 0.316. The molecule has 2 aromatic rings. The molecule has 136 valence electrons. The molecule has 2 N–H and O–H groups in total. The SMILES string of the molecule is Cc1cccc(NC(=O)CC[C@@H]2NC(=O)N(Cc3ccco3)C2=O)c1C. The number of carbonyl (C=O) groups excluding carboxylic acids is 3. The zero-order valence-corrected chi connectivity index (χ0v) is 14.7. The Bertz CT molecular complexity index is 829. The average molecular weight is 355 g/mol. The monoisotopic (exact) mass is 355 g/mol. The molecule has 0 aliphatic carbocycles. The largest absolute Gasteiger partial charge is 0.467 e. The molecular formula is C19H21N3O4. The molecule has 3 rings (SSSR count). The summed E-state index contributed by atoms with van der Waals surface area (Å²) in [6, 6.07) is 7.94. The fourth-order valence-corrected chi connectivity index (χ4v) is 2.86. The number of aryl methyl sites for hydroxylation is 1. The molecule has 7 nitrogen and oxygen atoms in total. The van der Waals surface area contributed by atoms with Crippen molar-refractivity contribution < 1.29 is 18.8 Å². The van der Waals surface area contributed by atoms with Crippen molar-refractivity contribution in [3.63, 3.8) is 0 Å². The molecule has 0 spiro atoms. The summed E-state index contributed by atoms with van der Waals surface area (Å²) in [5.74, 6) is -0.00187. The van der Waals surface area contributed by atoms with Gasteiger partial charge >= 0.3 is 6.03 Å². The highest BCUT2D eigenvalue weighted by atomic mass is 16.3. The van der Waals surface area contributed by atoms with Crippen molar-refractivity contribution in [1.29, 1.82) is 0 Å². The zero-order chi connectivity index (χ0) is 18.7. The normalized spacial score (nSPS) is 16.7. The topological polar surface area (TPSA) is 91.7 Å². The molecule has 1 saturated heterocycles. The van der Waals surface area contributed by atoms with Crippen molar-refractivity contribution in [2.75, 3.05) is 5.32 Å². The average Bonchev–Trinajstić information content (AvgIpc) is 3.21. The van der Waals surface area contributed by atoms with Crippen LogP contribution in [-0.2, 0) is 16.1 Å². The first-order valence-corrected chi connectivity index (χ1v) is 8.46. The van der Waals surface area contributed by atoms with Crippen LogP contribution in [0.15, 0.2) is 41.0 Å². The second-order valence-corrected chi connectivity index (χ2v) is 6.34. The third-order valence-corrected chi connectivity index (χ3v) is 4.54. The van der Waals surface area contributed by atoms with Gasteiger partial charge in [-0.15, -0.1) is 0 Å². The van der Waals surface area contributed by atoms with Gasteiger partial charge in [-0.3, -0.25) is 14.5 Å². The van der Waals surface area contributed by atoms with Crippen LogP contribution in [-0.4, -0.2) is 28.8 Å². The minimum absolute atomic E-state index is 0.0862.